The number of benzene rings is 2. The number of thioether (sulfide) groups is 1. The van der Waals surface area contributed by atoms with Crippen molar-refractivity contribution in [1.82, 2.24) is 5.32 Å². The smallest absolute Gasteiger partial charge is 0.256 e. The molecule has 2 aromatic rings. The number of methoxy groups -OCH3 is 1. The van der Waals surface area contributed by atoms with Crippen molar-refractivity contribution in [2.45, 2.75) is 4.90 Å². The summed E-state index contributed by atoms with van der Waals surface area (Å²) in [5, 5.41) is 5.03. The van der Waals surface area contributed by atoms with Gasteiger partial charge >= 0.3 is 0 Å². The molecule has 2 aromatic carbocycles. The molecule has 0 unspecified atom stereocenters. The van der Waals surface area contributed by atoms with E-state index in [2.05, 4.69) is 10.6 Å². The normalized spacial score (nSPS) is 10.4. The number of carbonyl (C=O) groups excluding carboxylic acids is 2. The van der Waals surface area contributed by atoms with Gasteiger partial charge in [-0.2, -0.15) is 0 Å². The Morgan fingerprint density at radius 2 is 1.92 bits per heavy atom. The molecule has 0 saturated heterocycles. The Kier molecular flexibility index (Phi) is 7.55. The average Bonchev–Trinajstić information content (AvgIpc) is 2.63. The van der Waals surface area contributed by atoms with Gasteiger partial charge in [-0.1, -0.05) is 12.1 Å². The van der Waals surface area contributed by atoms with Crippen molar-refractivity contribution in [3.8, 4) is 0 Å². The number of carbonyl (C=O) groups is 2. The molecule has 2 rings (SSSR count). The Morgan fingerprint density at radius 3 is 2.69 bits per heavy atom. The first kappa shape index (κ1) is 19.9. The zero-order valence-electron chi connectivity index (χ0n) is 14.1. The van der Waals surface area contributed by atoms with Crippen LogP contribution in [0.4, 0.5) is 14.5 Å². The second kappa shape index (κ2) is 9.88. The number of ether oxygens (including phenoxy) is 1. The van der Waals surface area contributed by atoms with Gasteiger partial charge in [0.25, 0.3) is 5.91 Å². The summed E-state index contributed by atoms with van der Waals surface area (Å²) in [6.45, 7) is 0.811. The number of nitrogens with one attached hydrogen (secondary N) is 2. The second-order valence-electron chi connectivity index (χ2n) is 5.21. The molecule has 0 saturated carbocycles. The highest BCUT2D eigenvalue weighted by Gasteiger charge is 2.15. The number of amides is 2. The van der Waals surface area contributed by atoms with Crippen LogP contribution in [-0.2, 0) is 9.53 Å². The molecule has 0 aliphatic carbocycles. The van der Waals surface area contributed by atoms with E-state index in [-0.39, 0.29) is 22.9 Å². The SMILES string of the molecule is COCCNC(=O)CSc1ccccc1C(=O)Nc1cc(F)ccc1F. The first-order valence-electron chi connectivity index (χ1n) is 7.75. The van der Waals surface area contributed by atoms with Crippen LogP contribution in [0.3, 0.4) is 0 Å². The summed E-state index contributed by atoms with van der Waals surface area (Å²) in [7, 11) is 1.54. The van der Waals surface area contributed by atoms with Gasteiger partial charge in [0.1, 0.15) is 11.6 Å². The van der Waals surface area contributed by atoms with E-state index in [0.717, 1.165) is 18.2 Å². The van der Waals surface area contributed by atoms with Gasteiger partial charge in [0.2, 0.25) is 5.91 Å². The minimum atomic E-state index is -0.734. The molecule has 26 heavy (non-hydrogen) atoms. The molecule has 0 aromatic heterocycles. The quantitative estimate of drug-likeness (QED) is 0.546. The Balaban J connectivity index is 2.04. The highest BCUT2D eigenvalue weighted by atomic mass is 32.2. The third kappa shape index (κ3) is 5.82. The van der Waals surface area contributed by atoms with Crippen LogP contribution in [0.15, 0.2) is 47.4 Å². The molecule has 0 heterocycles. The number of hydrogen-bond donors (Lipinski definition) is 2. The molecule has 2 N–H and O–H groups in total. The molecule has 138 valence electrons. The maximum Gasteiger partial charge on any atom is 0.256 e. The number of hydrogen-bond acceptors (Lipinski definition) is 4. The lowest BCUT2D eigenvalue weighted by molar-refractivity contribution is -0.118. The van der Waals surface area contributed by atoms with Crippen LogP contribution in [0.1, 0.15) is 10.4 Å². The largest absolute Gasteiger partial charge is 0.383 e. The predicted molar refractivity (Wildman–Crippen MR) is 96.4 cm³/mol. The van der Waals surface area contributed by atoms with Gasteiger partial charge in [0.05, 0.1) is 23.6 Å². The minimum Gasteiger partial charge on any atom is -0.383 e. The Labute approximate surface area is 154 Å². The van der Waals surface area contributed by atoms with E-state index >= 15 is 0 Å². The van der Waals surface area contributed by atoms with E-state index in [9.17, 15) is 18.4 Å². The molecule has 0 spiro atoms. The first-order valence-corrected chi connectivity index (χ1v) is 8.73. The number of halogens is 2. The van der Waals surface area contributed by atoms with Gasteiger partial charge in [-0.05, 0) is 24.3 Å². The molecule has 0 radical (unpaired) electrons. The van der Waals surface area contributed by atoms with E-state index in [0.29, 0.717) is 18.0 Å². The maximum absolute atomic E-state index is 13.7. The van der Waals surface area contributed by atoms with Crippen LogP contribution in [0.2, 0.25) is 0 Å². The van der Waals surface area contributed by atoms with Crippen molar-refractivity contribution >= 4 is 29.3 Å². The standard InChI is InChI=1S/C18H18F2N2O3S/c1-25-9-8-21-17(23)11-26-16-5-3-2-4-13(16)18(24)22-15-10-12(19)6-7-14(15)20/h2-7,10H,8-9,11H2,1H3,(H,21,23)(H,22,24). The predicted octanol–water partition coefficient (Wildman–Crippen LogP) is 3.07. The Morgan fingerprint density at radius 1 is 1.15 bits per heavy atom. The highest BCUT2D eigenvalue weighted by molar-refractivity contribution is 8.00. The highest BCUT2D eigenvalue weighted by Crippen LogP contribution is 2.24. The van der Waals surface area contributed by atoms with E-state index < -0.39 is 17.5 Å². The van der Waals surface area contributed by atoms with Crippen molar-refractivity contribution in [3.63, 3.8) is 0 Å². The zero-order chi connectivity index (χ0) is 18.9. The van der Waals surface area contributed by atoms with Crippen LogP contribution in [0.5, 0.6) is 0 Å². The Bertz CT molecular complexity index is 787. The van der Waals surface area contributed by atoms with Crippen molar-refractivity contribution in [2.75, 3.05) is 31.3 Å². The summed E-state index contributed by atoms with van der Waals surface area (Å²) in [4.78, 5) is 24.7. The topological polar surface area (TPSA) is 67.4 Å². The molecule has 0 aliphatic rings. The number of anilines is 1. The third-order valence-corrected chi connectivity index (χ3v) is 4.37. The summed E-state index contributed by atoms with van der Waals surface area (Å²) < 4.78 is 31.8. The van der Waals surface area contributed by atoms with Gasteiger partial charge in [-0.3, -0.25) is 9.59 Å². The first-order chi connectivity index (χ1) is 12.5. The lowest BCUT2D eigenvalue weighted by Gasteiger charge is -2.11. The van der Waals surface area contributed by atoms with Gasteiger partial charge < -0.3 is 15.4 Å². The van der Waals surface area contributed by atoms with Gasteiger partial charge in [0, 0.05) is 24.6 Å². The Hall–Kier alpha value is -2.45. The lowest BCUT2D eigenvalue weighted by Crippen LogP contribution is -2.28. The van der Waals surface area contributed by atoms with Crippen LogP contribution in [0.25, 0.3) is 0 Å². The van der Waals surface area contributed by atoms with E-state index in [1.807, 2.05) is 0 Å². The van der Waals surface area contributed by atoms with Crippen LogP contribution >= 0.6 is 11.8 Å². The fourth-order valence-electron chi connectivity index (χ4n) is 2.05. The van der Waals surface area contributed by atoms with Crippen molar-refractivity contribution < 1.29 is 23.1 Å². The second-order valence-corrected chi connectivity index (χ2v) is 6.22. The van der Waals surface area contributed by atoms with E-state index in [1.54, 1.807) is 24.3 Å². The summed E-state index contributed by atoms with van der Waals surface area (Å²) >= 11 is 1.18. The molecule has 5 nitrogen and oxygen atoms in total. The van der Waals surface area contributed by atoms with Gasteiger partial charge in [-0.25, -0.2) is 8.78 Å². The van der Waals surface area contributed by atoms with Crippen molar-refractivity contribution in [2.24, 2.45) is 0 Å². The molecule has 0 bridgehead atoms. The molecule has 0 aliphatic heterocycles. The molecular weight excluding hydrogens is 362 g/mol. The lowest BCUT2D eigenvalue weighted by atomic mass is 10.2. The van der Waals surface area contributed by atoms with Crippen LogP contribution < -0.4 is 10.6 Å². The maximum atomic E-state index is 13.7. The molecule has 0 atom stereocenters. The minimum absolute atomic E-state index is 0.113. The fraction of sp³-hybridized carbons (Fsp3) is 0.222. The number of rotatable bonds is 8. The fourth-order valence-corrected chi connectivity index (χ4v) is 2.93. The summed E-state index contributed by atoms with van der Waals surface area (Å²) in [5.74, 6) is -2.06. The summed E-state index contributed by atoms with van der Waals surface area (Å²) in [6.07, 6.45) is 0. The molecule has 2 amide bonds. The van der Waals surface area contributed by atoms with Crippen LogP contribution in [0, 0.1) is 11.6 Å². The van der Waals surface area contributed by atoms with Gasteiger partial charge in [-0.15, -0.1) is 11.8 Å². The molecular formula is C18H18F2N2O3S. The van der Waals surface area contributed by atoms with Crippen molar-refractivity contribution in [1.29, 1.82) is 0 Å². The molecule has 0 fully saturated rings. The third-order valence-electron chi connectivity index (χ3n) is 3.30. The van der Waals surface area contributed by atoms with Gasteiger partial charge in [0.15, 0.2) is 0 Å². The molecule has 8 heteroatoms. The monoisotopic (exact) mass is 380 g/mol. The van der Waals surface area contributed by atoms with Crippen LogP contribution in [-0.4, -0.2) is 37.8 Å². The summed E-state index contributed by atoms with van der Waals surface area (Å²) in [6, 6.07) is 9.44. The van der Waals surface area contributed by atoms with Crippen molar-refractivity contribution in [3.05, 3.63) is 59.7 Å². The summed E-state index contributed by atoms with van der Waals surface area (Å²) in [5.41, 5.74) is 0.0259. The van der Waals surface area contributed by atoms with E-state index in [4.69, 9.17) is 4.74 Å². The van der Waals surface area contributed by atoms with E-state index in [1.165, 1.54) is 18.9 Å². The zero-order valence-corrected chi connectivity index (χ0v) is 14.9. The average molecular weight is 380 g/mol.